The molecule has 0 bridgehead atoms. The summed E-state index contributed by atoms with van der Waals surface area (Å²) in [5.41, 5.74) is 2.73. The van der Waals surface area contributed by atoms with Crippen LogP contribution < -0.4 is 5.32 Å². The number of nitrogens with zero attached hydrogens (tertiary/aromatic N) is 3. The molecule has 3 aromatic rings. The quantitative estimate of drug-likeness (QED) is 0.271. The van der Waals surface area contributed by atoms with Crippen LogP contribution in [0.4, 0.5) is 10.5 Å². The van der Waals surface area contributed by atoms with Crippen LogP contribution >= 0.6 is 23.2 Å². The SMILES string of the molecule is CC[C@H](C)N(CC(=O)N(Cc1cccn1Cc1ccccc1Cl)C1CCCCC1)C(=O)Nc1ccc(Cl)cc1. The Morgan fingerprint density at radius 1 is 1.00 bits per heavy atom. The van der Waals surface area contributed by atoms with Crippen LogP contribution in [0, 0.1) is 0 Å². The van der Waals surface area contributed by atoms with E-state index in [9.17, 15) is 9.59 Å². The monoisotopic (exact) mass is 568 g/mol. The molecule has 6 nitrogen and oxygen atoms in total. The second-order valence-corrected chi connectivity index (χ2v) is 11.2. The number of hydrogen-bond acceptors (Lipinski definition) is 2. The van der Waals surface area contributed by atoms with Crippen LogP contribution in [-0.2, 0) is 17.9 Å². The van der Waals surface area contributed by atoms with Gasteiger partial charge in [-0.05, 0) is 74.2 Å². The number of carbonyl (C=O) groups excluding carboxylic acids is 2. The molecule has 39 heavy (non-hydrogen) atoms. The molecule has 1 N–H and O–H groups in total. The van der Waals surface area contributed by atoms with Gasteiger partial charge in [0.1, 0.15) is 6.54 Å². The van der Waals surface area contributed by atoms with E-state index in [0.717, 1.165) is 48.4 Å². The summed E-state index contributed by atoms with van der Waals surface area (Å²) in [6.07, 6.45) is 8.17. The van der Waals surface area contributed by atoms with Gasteiger partial charge in [0.15, 0.2) is 0 Å². The molecule has 1 aliphatic rings. The maximum Gasteiger partial charge on any atom is 0.322 e. The fraction of sp³-hybridized carbons (Fsp3) is 0.419. The molecule has 1 saturated carbocycles. The number of halogens is 2. The summed E-state index contributed by atoms with van der Waals surface area (Å²) >= 11 is 12.4. The average molecular weight is 570 g/mol. The van der Waals surface area contributed by atoms with Crippen molar-refractivity contribution in [3.63, 3.8) is 0 Å². The predicted molar refractivity (Wildman–Crippen MR) is 159 cm³/mol. The highest BCUT2D eigenvalue weighted by Crippen LogP contribution is 2.26. The third kappa shape index (κ3) is 7.80. The minimum absolute atomic E-state index is 0.0240. The number of urea groups is 1. The van der Waals surface area contributed by atoms with Gasteiger partial charge in [-0.25, -0.2) is 4.79 Å². The van der Waals surface area contributed by atoms with Crippen LogP contribution in [0.2, 0.25) is 10.0 Å². The van der Waals surface area contributed by atoms with Crippen molar-refractivity contribution in [1.82, 2.24) is 14.4 Å². The van der Waals surface area contributed by atoms with Gasteiger partial charge in [-0.2, -0.15) is 0 Å². The van der Waals surface area contributed by atoms with Gasteiger partial charge in [0.25, 0.3) is 0 Å². The highest BCUT2D eigenvalue weighted by Gasteiger charge is 2.30. The van der Waals surface area contributed by atoms with E-state index in [2.05, 4.69) is 16.0 Å². The Hall–Kier alpha value is -2.96. The fourth-order valence-corrected chi connectivity index (χ4v) is 5.48. The van der Waals surface area contributed by atoms with Crippen LogP contribution in [0.1, 0.15) is 63.6 Å². The molecule has 0 spiro atoms. The third-order valence-corrected chi connectivity index (χ3v) is 8.30. The smallest absolute Gasteiger partial charge is 0.322 e. The second-order valence-electron chi connectivity index (χ2n) is 10.4. The van der Waals surface area contributed by atoms with E-state index in [1.165, 1.54) is 6.42 Å². The molecule has 0 aliphatic heterocycles. The number of hydrogen-bond donors (Lipinski definition) is 1. The second kappa shape index (κ2) is 13.9. The molecule has 8 heteroatoms. The molecular formula is C31H38Cl2N4O2. The van der Waals surface area contributed by atoms with Gasteiger partial charge in [0.2, 0.25) is 5.91 Å². The van der Waals surface area contributed by atoms with Crippen molar-refractivity contribution in [2.45, 2.75) is 77.5 Å². The zero-order chi connectivity index (χ0) is 27.8. The molecule has 4 rings (SSSR count). The Balaban J connectivity index is 1.53. The van der Waals surface area contributed by atoms with Crippen molar-refractivity contribution in [2.75, 3.05) is 11.9 Å². The van der Waals surface area contributed by atoms with Gasteiger partial charge >= 0.3 is 6.03 Å². The lowest BCUT2D eigenvalue weighted by atomic mass is 9.94. The van der Waals surface area contributed by atoms with Crippen LogP contribution in [0.15, 0.2) is 66.9 Å². The lowest BCUT2D eigenvalue weighted by molar-refractivity contribution is -0.136. The standard InChI is InChI=1S/C31H38Cl2N4O2/c1-3-23(2)36(31(39)34-26-17-15-25(32)16-18-26)22-30(38)37(27-11-5-4-6-12-27)21-28-13-9-19-35(28)20-24-10-7-8-14-29(24)33/h7-10,13-19,23,27H,3-6,11-12,20-22H2,1-2H3,(H,34,39)/t23-/m0/s1. The Kier molecular flexibility index (Phi) is 10.4. The van der Waals surface area contributed by atoms with E-state index >= 15 is 0 Å². The van der Waals surface area contributed by atoms with Gasteiger partial charge in [-0.1, -0.05) is 67.6 Å². The lowest BCUT2D eigenvalue weighted by Crippen LogP contribution is -2.50. The van der Waals surface area contributed by atoms with E-state index in [1.54, 1.807) is 29.2 Å². The molecule has 1 atom stereocenters. The van der Waals surface area contributed by atoms with Gasteiger partial charge in [0, 0.05) is 46.3 Å². The molecule has 208 valence electrons. The summed E-state index contributed by atoms with van der Waals surface area (Å²) in [6.45, 7) is 5.16. The van der Waals surface area contributed by atoms with E-state index < -0.39 is 0 Å². The minimum Gasteiger partial charge on any atom is -0.345 e. The summed E-state index contributed by atoms with van der Waals surface area (Å²) in [5.74, 6) is -0.0288. The van der Waals surface area contributed by atoms with Crippen LogP contribution in [0.25, 0.3) is 0 Å². The first-order valence-corrected chi connectivity index (χ1v) is 14.6. The summed E-state index contributed by atoms with van der Waals surface area (Å²) in [4.78, 5) is 31.0. The molecule has 2 aromatic carbocycles. The molecule has 0 radical (unpaired) electrons. The van der Waals surface area contributed by atoms with Gasteiger partial charge in [-0.3, -0.25) is 4.79 Å². The van der Waals surface area contributed by atoms with Crippen LogP contribution in [-0.4, -0.2) is 44.9 Å². The number of amides is 3. The summed E-state index contributed by atoms with van der Waals surface area (Å²) in [6, 6.07) is 18.7. The number of carbonyl (C=O) groups is 2. The number of nitrogens with one attached hydrogen (secondary N) is 1. The van der Waals surface area contributed by atoms with Gasteiger partial charge in [-0.15, -0.1) is 0 Å². The average Bonchev–Trinajstić information content (AvgIpc) is 3.39. The third-order valence-electron chi connectivity index (χ3n) is 7.68. The first-order valence-electron chi connectivity index (χ1n) is 13.9. The van der Waals surface area contributed by atoms with E-state index in [0.29, 0.717) is 23.8 Å². The maximum atomic E-state index is 14.0. The predicted octanol–water partition coefficient (Wildman–Crippen LogP) is 7.84. The first-order chi connectivity index (χ1) is 18.9. The Morgan fingerprint density at radius 2 is 1.72 bits per heavy atom. The molecule has 1 aromatic heterocycles. The topological polar surface area (TPSA) is 57.6 Å². The molecular weight excluding hydrogens is 531 g/mol. The Labute approximate surface area is 241 Å². The molecule has 1 heterocycles. The van der Waals surface area contributed by atoms with Crippen molar-refractivity contribution >= 4 is 40.8 Å². The number of benzene rings is 2. The van der Waals surface area contributed by atoms with Crippen LogP contribution in [0.3, 0.4) is 0 Å². The Morgan fingerprint density at radius 3 is 2.41 bits per heavy atom. The van der Waals surface area contributed by atoms with E-state index in [1.807, 2.05) is 55.3 Å². The van der Waals surface area contributed by atoms with Crippen molar-refractivity contribution in [3.05, 3.63) is 88.2 Å². The fourth-order valence-electron chi connectivity index (χ4n) is 5.16. The summed E-state index contributed by atoms with van der Waals surface area (Å²) in [5, 5.41) is 4.27. The van der Waals surface area contributed by atoms with Crippen molar-refractivity contribution in [1.29, 1.82) is 0 Å². The molecule has 0 unspecified atom stereocenters. The Bertz CT molecular complexity index is 1240. The molecule has 0 saturated heterocycles. The van der Waals surface area contributed by atoms with Crippen molar-refractivity contribution in [2.24, 2.45) is 0 Å². The molecule has 1 aliphatic carbocycles. The highest BCUT2D eigenvalue weighted by molar-refractivity contribution is 6.31. The molecule has 1 fully saturated rings. The normalized spacial score (nSPS) is 14.6. The van der Waals surface area contributed by atoms with Crippen molar-refractivity contribution < 1.29 is 9.59 Å². The molecule has 3 amide bonds. The van der Waals surface area contributed by atoms with Crippen molar-refractivity contribution in [3.8, 4) is 0 Å². The maximum absolute atomic E-state index is 14.0. The summed E-state index contributed by atoms with van der Waals surface area (Å²) < 4.78 is 2.16. The first kappa shape index (κ1) is 29.0. The number of rotatable bonds is 10. The lowest BCUT2D eigenvalue weighted by Gasteiger charge is -2.37. The zero-order valence-electron chi connectivity index (χ0n) is 22.8. The van der Waals surface area contributed by atoms with E-state index in [4.69, 9.17) is 23.2 Å². The van der Waals surface area contributed by atoms with Gasteiger partial charge < -0.3 is 19.7 Å². The van der Waals surface area contributed by atoms with E-state index in [-0.39, 0.29) is 30.6 Å². The van der Waals surface area contributed by atoms with Crippen LogP contribution in [0.5, 0.6) is 0 Å². The summed E-state index contributed by atoms with van der Waals surface area (Å²) in [7, 11) is 0. The zero-order valence-corrected chi connectivity index (χ0v) is 24.3. The number of aromatic nitrogens is 1. The minimum atomic E-state index is -0.286. The highest BCUT2D eigenvalue weighted by atomic mass is 35.5. The van der Waals surface area contributed by atoms with Gasteiger partial charge in [0.05, 0.1) is 6.54 Å². The largest absolute Gasteiger partial charge is 0.345 e. The number of anilines is 1.